The summed E-state index contributed by atoms with van der Waals surface area (Å²) in [5.74, 6) is 0.404. The van der Waals surface area contributed by atoms with Crippen LogP contribution in [0.15, 0.2) is 71.7 Å². The van der Waals surface area contributed by atoms with Crippen LogP contribution >= 0.6 is 0 Å². The Morgan fingerprint density at radius 1 is 0.879 bits per heavy atom. The zero-order chi connectivity index (χ0) is 22.8. The van der Waals surface area contributed by atoms with E-state index in [4.69, 9.17) is 4.99 Å². The lowest BCUT2D eigenvalue weighted by molar-refractivity contribution is 0.282. The summed E-state index contributed by atoms with van der Waals surface area (Å²) < 4.78 is 18.2. The highest BCUT2D eigenvalue weighted by Crippen LogP contribution is 2.33. The van der Waals surface area contributed by atoms with Crippen LogP contribution in [0, 0.1) is 5.82 Å². The molecule has 1 aliphatic carbocycles. The van der Waals surface area contributed by atoms with Crippen molar-refractivity contribution in [3.05, 3.63) is 94.9 Å². The van der Waals surface area contributed by atoms with E-state index in [2.05, 4.69) is 28.8 Å². The first-order chi connectivity index (χ1) is 16.1. The van der Waals surface area contributed by atoms with Crippen LogP contribution in [0.25, 0.3) is 11.0 Å². The maximum absolute atomic E-state index is 14.2. The van der Waals surface area contributed by atoms with Gasteiger partial charge in [0.1, 0.15) is 5.82 Å². The maximum atomic E-state index is 14.2. The van der Waals surface area contributed by atoms with E-state index < -0.39 is 0 Å². The number of aliphatic hydroxyl groups is 1. The zero-order valence-electron chi connectivity index (χ0n) is 19.0. The van der Waals surface area contributed by atoms with Crippen molar-refractivity contribution < 1.29 is 9.50 Å². The number of hydrogen-bond acceptors (Lipinski definition) is 2. The van der Waals surface area contributed by atoms with Crippen molar-refractivity contribution in [2.45, 2.75) is 51.2 Å². The molecule has 0 amide bonds. The first kappa shape index (κ1) is 21.7. The van der Waals surface area contributed by atoms with Gasteiger partial charge in [0.25, 0.3) is 0 Å². The minimum atomic E-state index is -0.263. The molecule has 5 rings (SSSR count). The molecule has 0 unspecified atom stereocenters. The third kappa shape index (κ3) is 4.51. The molecule has 1 aliphatic rings. The number of aliphatic hydroxyl groups excluding tert-OH is 1. The molecule has 1 fully saturated rings. The van der Waals surface area contributed by atoms with Crippen molar-refractivity contribution in [2.75, 3.05) is 0 Å². The Labute approximate surface area is 193 Å². The Hall–Kier alpha value is -3.18. The lowest BCUT2D eigenvalue weighted by Gasteiger charge is -2.21. The predicted molar refractivity (Wildman–Crippen MR) is 130 cm³/mol. The summed E-state index contributed by atoms with van der Waals surface area (Å²) in [6, 6.07) is 21.3. The smallest absolute Gasteiger partial charge is 0.211 e. The second kappa shape index (κ2) is 9.36. The van der Waals surface area contributed by atoms with Crippen molar-refractivity contribution in [3.63, 3.8) is 0 Å². The Morgan fingerprint density at radius 2 is 1.58 bits per heavy atom. The summed E-state index contributed by atoms with van der Waals surface area (Å²) in [6.07, 6.45) is 6.56. The topological polar surface area (TPSA) is 42.5 Å². The number of benzene rings is 3. The normalized spacial score (nSPS) is 15.4. The number of rotatable bonds is 5. The summed E-state index contributed by atoms with van der Waals surface area (Å²) >= 11 is 0. The van der Waals surface area contributed by atoms with Crippen LogP contribution in [0.1, 0.15) is 54.7 Å². The fourth-order valence-corrected chi connectivity index (χ4v) is 4.99. The van der Waals surface area contributed by atoms with Gasteiger partial charge in [-0.2, -0.15) is 0 Å². The minimum Gasteiger partial charge on any atom is -0.392 e. The van der Waals surface area contributed by atoms with Crippen molar-refractivity contribution in [1.82, 2.24) is 9.13 Å². The highest BCUT2D eigenvalue weighted by molar-refractivity contribution is 5.76. The van der Waals surface area contributed by atoms with Gasteiger partial charge in [-0.1, -0.05) is 55.7 Å². The summed E-state index contributed by atoms with van der Waals surface area (Å²) in [4.78, 5) is 4.99. The molecule has 0 aliphatic heterocycles. The standard InChI is InChI=1S/C28H30FN3O/c1-31-26-16-13-24(29)17-27(26)32(18-20-7-9-21(19-33)10-8-20)28(31)30-25-14-11-23(12-15-25)22-5-3-2-4-6-22/h7-17,22,33H,2-6,18-19H2,1H3/b30-28-. The molecule has 4 aromatic rings. The maximum Gasteiger partial charge on any atom is 0.211 e. The molecule has 1 heterocycles. The predicted octanol–water partition coefficient (Wildman–Crippen LogP) is 5.94. The van der Waals surface area contributed by atoms with Crippen LogP contribution in [0.3, 0.4) is 0 Å². The molecule has 1 saturated carbocycles. The van der Waals surface area contributed by atoms with E-state index in [9.17, 15) is 9.50 Å². The van der Waals surface area contributed by atoms with Gasteiger partial charge in [0.2, 0.25) is 5.62 Å². The van der Waals surface area contributed by atoms with Crippen molar-refractivity contribution >= 4 is 16.7 Å². The number of hydrogen-bond donors (Lipinski definition) is 1. The zero-order valence-corrected chi connectivity index (χ0v) is 19.0. The fourth-order valence-electron chi connectivity index (χ4n) is 4.99. The van der Waals surface area contributed by atoms with Gasteiger partial charge in [-0.25, -0.2) is 9.38 Å². The van der Waals surface area contributed by atoms with Gasteiger partial charge in [-0.15, -0.1) is 0 Å². The summed E-state index contributed by atoms with van der Waals surface area (Å²) in [5, 5.41) is 9.34. The van der Waals surface area contributed by atoms with Crippen molar-refractivity contribution in [3.8, 4) is 0 Å². The molecular formula is C28H30FN3O. The monoisotopic (exact) mass is 443 g/mol. The quantitative estimate of drug-likeness (QED) is 0.408. The average Bonchev–Trinajstić information content (AvgIpc) is 3.10. The number of halogens is 1. The van der Waals surface area contributed by atoms with Crippen LogP contribution in [-0.4, -0.2) is 14.2 Å². The molecule has 1 N–H and O–H groups in total. The van der Waals surface area contributed by atoms with Crippen LogP contribution in [-0.2, 0) is 20.2 Å². The van der Waals surface area contributed by atoms with Gasteiger partial charge < -0.3 is 14.2 Å². The molecule has 33 heavy (non-hydrogen) atoms. The second-order valence-electron chi connectivity index (χ2n) is 9.09. The molecule has 0 bridgehead atoms. The first-order valence-electron chi connectivity index (χ1n) is 11.8. The van der Waals surface area contributed by atoms with Gasteiger partial charge in [0.05, 0.1) is 29.9 Å². The summed E-state index contributed by atoms with van der Waals surface area (Å²) in [6.45, 7) is 0.579. The fraction of sp³-hybridized carbons (Fsp3) is 0.321. The van der Waals surface area contributed by atoms with Crippen LogP contribution in [0.5, 0.6) is 0 Å². The van der Waals surface area contributed by atoms with Crippen LogP contribution in [0.4, 0.5) is 10.1 Å². The molecule has 0 saturated heterocycles. The largest absolute Gasteiger partial charge is 0.392 e. The lowest BCUT2D eigenvalue weighted by Crippen LogP contribution is -2.24. The SMILES string of the molecule is Cn1/c(=N/c2ccc(C3CCCCC3)cc2)n(Cc2ccc(CO)cc2)c2cc(F)ccc21. The molecule has 0 spiro atoms. The van der Waals surface area contributed by atoms with Crippen molar-refractivity contribution in [1.29, 1.82) is 0 Å². The molecule has 1 aromatic heterocycles. The van der Waals surface area contributed by atoms with E-state index in [0.29, 0.717) is 12.5 Å². The molecule has 170 valence electrons. The van der Waals surface area contributed by atoms with E-state index >= 15 is 0 Å². The van der Waals surface area contributed by atoms with Gasteiger partial charge in [0, 0.05) is 7.05 Å². The number of fused-ring (bicyclic) bond motifs is 1. The Balaban J connectivity index is 1.57. The van der Waals surface area contributed by atoms with Gasteiger partial charge in [-0.05, 0) is 65.8 Å². The highest BCUT2D eigenvalue weighted by Gasteiger charge is 2.15. The Bertz CT molecular complexity index is 1310. The average molecular weight is 444 g/mol. The first-order valence-corrected chi connectivity index (χ1v) is 11.8. The minimum absolute atomic E-state index is 0.0182. The number of aromatic nitrogens is 2. The van der Waals surface area contributed by atoms with Crippen LogP contribution < -0.4 is 5.62 Å². The summed E-state index contributed by atoms with van der Waals surface area (Å²) in [5.41, 5.74) is 6.75. The molecule has 3 aromatic carbocycles. The number of aryl methyl sites for hydroxylation is 1. The van der Waals surface area contributed by atoms with Gasteiger partial charge in [0.15, 0.2) is 0 Å². The molecular weight excluding hydrogens is 413 g/mol. The third-order valence-corrected chi connectivity index (χ3v) is 6.88. The van der Waals surface area contributed by atoms with Gasteiger partial charge >= 0.3 is 0 Å². The third-order valence-electron chi connectivity index (χ3n) is 6.88. The Morgan fingerprint density at radius 3 is 2.27 bits per heavy atom. The van der Waals surface area contributed by atoms with E-state index in [-0.39, 0.29) is 12.4 Å². The number of nitrogens with zero attached hydrogens (tertiary/aromatic N) is 3. The Kier molecular flexibility index (Phi) is 6.14. The highest BCUT2D eigenvalue weighted by atomic mass is 19.1. The molecule has 0 atom stereocenters. The lowest BCUT2D eigenvalue weighted by atomic mass is 9.84. The van der Waals surface area contributed by atoms with Gasteiger partial charge in [-0.3, -0.25) is 0 Å². The number of imidazole rings is 1. The van der Waals surface area contributed by atoms with Crippen LogP contribution in [0.2, 0.25) is 0 Å². The van der Waals surface area contributed by atoms with E-state index in [1.807, 2.05) is 35.9 Å². The van der Waals surface area contributed by atoms with E-state index in [1.54, 1.807) is 12.1 Å². The second-order valence-corrected chi connectivity index (χ2v) is 9.09. The molecule has 4 nitrogen and oxygen atoms in total. The molecule has 0 radical (unpaired) electrons. The van der Waals surface area contributed by atoms with Crippen molar-refractivity contribution in [2.24, 2.45) is 12.0 Å². The van der Waals surface area contributed by atoms with E-state index in [0.717, 1.165) is 33.5 Å². The van der Waals surface area contributed by atoms with E-state index in [1.165, 1.54) is 43.7 Å². The summed E-state index contributed by atoms with van der Waals surface area (Å²) in [7, 11) is 1.97. The molecule has 5 heteroatoms.